The predicted molar refractivity (Wildman–Crippen MR) is 92.7 cm³/mol. The molecule has 0 bridgehead atoms. The monoisotopic (exact) mass is 341 g/mol. The van der Waals surface area contributed by atoms with Gasteiger partial charge in [0.2, 0.25) is 0 Å². The minimum absolute atomic E-state index is 0.180. The Kier molecular flexibility index (Phi) is 5.89. The van der Waals surface area contributed by atoms with E-state index in [0.29, 0.717) is 11.3 Å². The fourth-order valence-electron chi connectivity index (χ4n) is 2.14. The maximum Gasteiger partial charge on any atom is 0.338 e. The number of esters is 2. The minimum Gasteiger partial charge on any atom is -0.465 e. The summed E-state index contributed by atoms with van der Waals surface area (Å²) in [5, 5.41) is 2.69. The van der Waals surface area contributed by atoms with E-state index in [1.165, 1.54) is 19.2 Å². The SMILES string of the molecule is COC(=O)c1ccccc1C(=O)Nc1ccc(C(=O)OC(C)C)cc1. The Morgan fingerprint density at radius 2 is 1.48 bits per heavy atom. The quantitative estimate of drug-likeness (QED) is 0.844. The van der Waals surface area contributed by atoms with Crippen molar-refractivity contribution in [1.82, 2.24) is 0 Å². The van der Waals surface area contributed by atoms with Gasteiger partial charge in [0.15, 0.2) is 0 Å². The van der Waals surface area contributed by atoms with Gasteiger partial charge in [0.1, 0.15) is 0 Å². The first-order valence-electron chi connectivity index (χ1n) is 7.72. The third-order valence-electron chi connectivity index (χ3n) is 3.30. The summed E-state index contributed by atoms with van der Waals surface area (Å²) in [5.74, 6) is -1.46. The number of amides is 1. The van der Waals surface area contributed by atoms with E-state index in [9.17, 15) is 14.4 Å². The van der Waals surface area contributed by atoms with Gasteiger partial charge in [-0.2, -0.15) is 0 Å². The summed E-state index contributed by atoms with van der Waals surface area (Å²) in [4.78, 5) is 36.0. The van der Waals surface area contributed by atoms with Crippen molar-refractivity contribution in [1.29, 1.82) is 0 Å². The molecule has 0 aliphatic rings. The highest BCUT2D eigenvalue weighted by Gasteiger charge is 2.17. The fraction of sp³-hybridized carbons (Fsp3) is 0.211. The number of anilines is 1. The molecule has 0 aliphatic heterocycles. The lowest BCUT2D eigenvalue weighted by Gasteiger charge is -2.10. The van der Waals surface area contributed by atoms with Gasteiger partial charge in [0, 0.05) is 5.69 Å². The van der Waals surface area contributed by atoms with Gasteiger partial charge in [-0.05, 0) is 50.2 Å². The van der Waals surface area contributed by atoms with Crippen LogP contribution < -0.4 is 5.32 Å². The van der Waals surface area contributed by atoms with E-state index in [4.69, 9.17) is 4.74 Å². The van der Waals surface area contributed by atoms with Crippen molar-refractivity contribution in [2.45, 2.75) is 20.0 Å². The van der Waals surface area contributed by atoms with Crippen molar-refractivity contribution in [3.8, 4) is 0 Å². The molecule has 0 saturated carbocycles. The van der Waals surface area contributed by atoms with Gasteiger partial charge in [0.25, 0.3) is 5.91 Å². The average Bonchev–Trinajstić information content (AvgIpc) is 2.61. The van der Waals surface area contributed by atoms with Crippen molar-refractivity contribution in [3.63, 3.8) is 0 Å². The number of ether oxygens (including phenoxy) is 2. The van der Waals surface area contributed by atoms with Crippen LogP contribution in [0.5, 0.6) is 0 Å². The lowest BCUT2D eigenvalue weighted by molar-refractivity contribution is 0.0377. The number of hydrogen-bond donors (Lipinski definition) is 1. The van der Waals surface area contributed by atoms with Gasteiger partial charge < -0.3 is 14.8 Å². The normalized spacial score (nSPS) is 10.2. The second kappa shape index (κ2) is 8.10. The number of carbonyl (C=O) groups excluding carboxylic acids is 3. The van der Waals surface area contributed by atoms with Crippen LogP contribution in [-0.2, 0) is 9.47 Å². The summed E-state index contributed by atoms with van der Waals surface area (Å²) < 4.78 is 9.78. The van der Waals surface area contributed by atoms with E-state index in [2.05, 4.69) is 10.1 Å². The second-order valence-corrected chi connectivity index (χ2v) is 5.52. The van der Waals surface area contributed by atoms with Crippen LogP contribution in [0, 0.1) is 0 Å². The predicted octanol–water partition coefficient (Wildman–Crippen LogP) is 3.29. The Morgan fingerprint density at radius 1 is 0.880 bits per heavy atom. The van der Waals surface area contributed by atoms with Crippen molar-refractivity contribution in [2.75, 3.05) is 12.4 Å². The Balaban J connectivity index is 2.14. The molecule has 1 amide bonds. The molecule has 0 fully saturated rings. The van der Waals surface area contributed by atoms with Gasteiger partial charge in [-0.1, -0.05) is 12.1 Å². The molecule has 0 heterocycles. The van der Waals surface area contributed by atoms with Gasteiger partial charge in [-0.15, -0.1) is 0 Å². The van der Waals surface area contributed by atoms with Crippen LogP contribution in [0.3, 0.4) is 0 Å². The highest BCUT2D eigenvalue weighted by molar-refractivity contribution is 6.11. The second-order valence-electron chi connectivity index (χ2n) is 5.52. The van der Waals surface area contributed by atoms with Crippen LogP contribution in [0.15, 0.2) is 48.5 Å². The minimum atomic E-state index is -0.586. The van der Waals surface area contributed by atoms with Crippen molar-refractivity contribution >= 4 is 23.5 Å². The van der Waals surface area contributed by atoms with E-state index in [1.807, 2.05) is 0 Å². The lowest BCUT2D eigenvalue weighted by Crippen LogP contribution is -2.17. The molecule has 0 spiro atoms. The highest BCUT2D eigenvalue weighted by atomic mass is 16.5. The van der Waals surface area contributed by atoms with Crippen LogP contribution >= 0.6 is 0 Å². The molecule has 0 unspecified atom stereocenters. The fourth-order valence-corrected chi connectivity index (χ4v) is 2.14. The van der Waals surface area contributed by atoms with Gasteiger partial charge in [-0.3, -0.25) is 4.79 Å². The molecule has 6 nitrogen and oxygen atoms in total. The van der Waals surface area contributed by atoms with Crippen LogP contribution in [-0.4, -0.2) is 31.1 Å². The molecule has 2 aromatic carbocycles. The van der Waals surface area contributed by atoms with Crippen LogP contribution in [0.2, 0.25) is 0 Å². The summed E-state index contributed by atoms with van der Waals surface area (Å²) in [7, 11) is 1.26. The Bertz CT molecular complexity index is 781. The number of nitrogens with one attached hydrogen (secondary N) is 1. The maximum atomic E-state index is 12.4. The number of hydrogen-bond acceptors (Lipinski definition) is 5. The molecule has 0 atom stereocenters. The van der Waals surface area contributed by atoms with Crippen molar-refractivity contribution in [2.24, 2.45) is 0 Å². The molecule has 0 aromatic heterocycles. The molecule has 0 saturated heterocycles. The molecule has 2 rings (SSSR count). The Morgan fingerprint density at radius 3 is 2.04 bits per heavy atom. The third-order valence-corrected chi connectivity index (χ3v) is 3.30. The van der Waals surface area contributed by atoms with Gasteiger partial charge in [-0.25, -0.2) is 9.59 Å². The molecular formula is C19H19NO5. The van der Waals surface area contributed by atoms with E-state index in [-0.39, 0.29) is 17.2 Å². The summed E-state index contributed by atoms with van der Waals surface area (Å²) in [5.41, 5.74) is 1.27. The van der Waals surface area contributed by atoms with Gasteiger partial charge >= 0.3 is 11.9 Å². The van der Waals surface area contributed by atoms with E-state index in [0.717, 1.165) is 0 Å². The molecule has 1 N–H and O–H groups in total. The molecule has 0 radical (unpaired) electrons. The maximum absolute atomic E-state index is 12.4. The number of rotatable bonds is 5. The molecule has 2 aromatic rings. The number of carbonyl (C=O) groups is 3. The molecule has 130 valence electrons. The smallest absolute Gasteiger partial charge is 0.338 e. The summed E-state index contributed by atoms with van der Waals surface area (Å²) in [6, 6.07) is 12.7. The molecule has 6 heteroatoms. The van der Waals surface area contributed by atoms with Crippen LogP contribution in [0.1, 0.15) is 44.9 Å². The molecule has 0 aliphatic carbocycles. The van der Waals surface area contributed by atoms with Crippen LogP contribution in [0.25, 0.3) is 0 Å². The third kappa shape index (κ3) is 4.67. The van der Waals surface area contributed by atoms with E-state index in [1.54, 1.807) is 50.2 Å². The van der Waals surface area contributed by atoms with E-state index >= 15 is 0 Å². The van der Waals surface area contributed by atoms with Crippen LogP contribution in [0.4, 0.5) is 5.69 Å². The standard InChI is InChI=1S/C19H19NO5/c1-12(2)25-18(22)13-8-10-14(11-9-13)20-17(21)15-6-4-5-7-16(15)19(23)24-3/h4-12H,1-3H3,(H,20,21). The first-order valence-corrected chi connectivity index (χ1v) is 7.72. The first-order chi connectivity index (χ1) is 11.9. The average molecular weight is 341 g/mol. The topological polar surface area (TPSA) is 81.7 Å². The number of benzene rings is 2. The zero-order valence-corrected chi connectivity index (χ0v) is 14.2. The summed E-state index contributed by atoms with van der Waals surface area (Å²) in [6.07, 6.45) is -0.207. The molecule has 25 heavy (non-hydrogen) atoms. The van der Waals surface area contributed by atoms with Crippen molar-refractivity contribution in [3.05, 3.63) is 65.2 Å². The summed E-state index contributed by atoms with van der Waals surface area (Å²) >= 11 is 0. The Hall–Kier alpha value is -3.15. The zero-order chi connectivity index (χ0) is 18.4. The Labute approximate surface area is 145 Å². The van der Waals surface area contributed by atoms with E-state index < -0.39 is 17.8 Å². The highest BCUT2D eigenvalue weighted by Crippen LogP contribution is 2.15. The first kappa shape index (κ1) is 18.2. The summed E-state index contributed by atoms with van der Waals surface area (Å²) in [6.45, 7) is 3.54. The lowest BCUT2D eigenvalue weighted by atomic mass is 10.1. The molecular weight excluding hydrogens is 322 g/mol. The zero-order valence-electron chi connectivity index (χ0n) is 14.2. The van der Waals surface area contributed by atoms with Gasteiger partial charge in [0.05, 0.1) is 29.9 Å². The van der Waals surface area contributed by atoms with Crippen molar-refractivity contribution < 1.29 is 23.9 Å². The number of methoxy groups -OCH3 is 1. The largest absolute Gasteiger partial charge is 0.465 e.